The van der Waals surface area contributed by atoms with Crippen LogP contribution in [0.2, 0.25) is 5.02 Å². The van der Waals surface area contributed by atoms with Crippen LogP contribution in [0, 0.1) is 0 Å². The summed E-state index contributed by atoms with van der Waals surface area (Å²) in [5.41, 5.74) is 0.910. The van der Waals surface area contributed by atoms with Gasteiger partial charge in [0.25, 0.3) is 0 Å². The molecule has 1 aromatic carbocycles. The third-order valence-electron chi connectivity index (χ3n) is 3.23. The Kier molecular flexibility index (Phi) is 5.08. The molecule has 0 saturated carbocycles. The molecule has 2 N–H and O–H groups in total. The van der Waals surface area contributed by atoms with Crippen LogP contribution in [0.5, 0.6) is 0 Å². The number of furan rings is 1. The number of hydrogen-bond donors (Lipinski definition) is 2. The molecule has 0 aliphatic rings. The molecule has 2 heterocycles. The molecule has 2 aromatic heterocycles. The number of H-pyrrole nitrogens is 1. The number of carbonyl (C=O) groups is 1. The predicted octanol–water partition coefficient (Wildman–Crippen LogP) is 3.09. The van der Waals surface area contributed by atoms with Crippen molar-refractivity contribution in [1.29, 1.82) is 0 Å². The van der Waals surface area contributed by atoms with E-state index in [1.165, 1.54) is 6.08 Å². The Hall–Kier alpha value is -2.86. The molecular weight excluding hydrogens is 328 g/mol. The number of nitrogens with zero attached hydrogens (tertiary/aromatic N) is 2. The lowest BCUT2D eigenvalue weighted by atomic mass is 10.2. The molecule has 0 radical (unpaired) electrons. The van der Waals surface area contributed by atoms with E-state index >= 15 is 0 Å². The number of benzene rings is 1. The van der Waals surface area contributed by atoms with Crippen LogP contribution in [0.3, 0.4) is 0 Å². The quantitative estimate of drug-likeness (QED) is 0.674. The Bertz CT molecular complexity index is 823. The molecule has 3 rings (SSSR count). The molecule has 1 amide bonds. The fourth-order valence-corrected chi connectivity index (χ4v) is 2.16. The van der Waals surface area contributed by atoms with Gasteiger partial charge in [0.1, 0.15) is 5.82 Å². The maximum atomic E-state index is 11.8. The summed E-state index contributed by atoms with van der Waals surface area (Å²) in [7, 11) is 0. The molecule has 7 heteroatoms. The van der Waals surface area contributed by atoms with Gasteiger partial charge in [-0.3, -0.25) is 9.89 Å². The van der Waals surface area contributed by atoms with E-state index in [4.69, 9.17) is 16.0 Å². The van der Waals surface area contributed by atoms with Crippen molar-refractivity contribution in [3.8, 4) is 11.6 Å². The largest absolute Gasteiger partial charge is 0.461 e. The van der Waals surface area contributed by atoms with Gasteiger partial charge in [0.15, 0.2) is 5.76 Å². The van der Waals surface area contributed by atoms with Gasteiger partial charge in [-0.2, -0.15) is 5.10 Å². The third kappa shape index (κ3) is 4.33. The van der Waals surface area contributed by atoms with Crippen molar-refractivity contribution in [2.75, 3.05) is 6.54 Å². The van der Waals surface area contributed by atoms with Crippen LogP contribution in [0.25, 0.3) is 17.7 Å². The minimum atomic E-state index is -0.171. The maximum Gasteiger partial charge on any atom is 0.244 e. The highest BCUT2D eigenvalue weighted by Gasteiger charge is 2.08. The van der Waals surface area contributed by atoms with E-state index in [1.54, 1.807) is 36.6 Å². The summed E-state index contributed by atoms with van der Waals surface area (Å²) in [5.74, 6) is 1.62. The second-order valence-corrected chi connectivity index (χ2v) is 5.45. The normalized spacial score (nSPS) is 11.0. The zero-order chi connectivity index (χ0) is 16.8. The first-order valence-corrected chi connectivity index (χ1v) is 7.75. The van der Waals surface area contributed by atoms with Gasteiger partial charge < -0.3 is 9.73 Å². The van der Waals surface area contributed by atoms with Gasteiger partial charge in [0.05, 0.1) is 6.26 Å². The van der Waals surface area contributed by atoms with Gasteiger partial charge in [0, 0.05) is 24.1 Å². The number of halogens is 1. The fourth-order valence-electron chi connectivity index (χ4n) is 2.03. The molecule has 0 unspecified atom stereocenters. The molecule has 3 aromatic rings. The van der Waals surface area contributed by atoms with Crippen LogP contribution in [0.4, 0.5) is 0 Å². The van der Waals surface area contributed by atoms with Gasteiger partial charge in [-0.25, -0.2) is 4.98 Å². The molecule has 122 valence electrons. The number of hydrogen-bond acceptors (Lipinski definition) is 4. The van der Waals surface area contributed by atoms with Gasteiger partial charge in [-0.1, -0.05) is 23.7 Å². The predicted molar refractivity (Wildman–Crippen MR) is 91.3 cm³/mol. The molecule has 0 spiro atoms. The molecule has 24 heavy (non-hydrogen) atoms. The summed E-state index contributed by atoms with van der Waals surface area (Å²) in [6.07, 6.45) is 5.33. The average Bonchev–Trinajstić information content (AvgIpc) is 3.25. The Morgan fingerprint density at radius 3 is 2.88 bits per heavy atom. The number of aromatic amines is 1. The highest BCUT2D eigenvalue weighted by Crippen LogP contribution is 2.14. The van der Waals surface area contributed by atoms with Crippen LogP contribution in [0.15, 0.2) is 53.2 Å². The first kappa shape index (κ1) is 16.0. The topological polar surface area (TPSA) is 83.8 Å². The van der Waals surface area contributed by atoms with Crippen molar-refractivity contribution < 1.29 is 9.21 Å². The van der Waals surface area contributed by atoms with E-state index in [2.05, 4.69) is 20.5 Å². The second-order valence-electron chi connectivity index (χ2n) is 5.01. The van der Waals surface area contributed by atoms with Crippen molar-refractivity contribution in [3.63, 3.8) is 0 Å². The molecule has 6 nitrogen and oxygen atoms in total. The Morgan fingerprint density at radius 1 is 1.29 bits per heavy atom. The summed E-state index contributed by atoms with van der Waals surface area (Å²) >= 11 is 5.81. The SMILES string of the molecule is O=C(/C=C\c1ccc(Cl)cc1)NCCc1nc(-c2ccco2)n[nH]1. The second kappa shape index (κ2) is 7.61. The number of nitrogens with one attached hydrogen (secondary N) is 2. The average molecular weight is 343 g/mol. The zero-order valence-electron chi connectivity index (χ0n) is 12.7. The zero-order valence-corrected chi connectivity index (χ0v) is 13.5. The van der Waals surface area contributed by atoms with Gasteiger partial charge in [0.2, 0.25) is 11.7 Å². The smallest absolute Gasteiger partial charge is 0.244 e. The Balaban J connectivity index is 1.46. The molecule has 0 bridgehead atoms. The number of carbonyl (C=O) groups excluding carboxylic acids is 1. The molecule has 0 aliphatic carbocycles. The Morgan fingerprint density at radius 2 is 2.12 bits per heavy atom. The monoisotopic (exact) mass is 342 g/mol. The number of aromatic nitrogens is 3. The van der Waals surface area contributed by atoms with E-state index in [0.717, 1.165) is 5.56 Å². The van der Waals surface area contributed by atoms with E-state index in [9.17, 15) is 4.79 Å². The lowest BCUT2D eigenvalue weighted by Gasteiger charge is -1.99. The van der Waals surface area contributed by atoms with Crippen LogP contribution in [-0.4, -0.2) is 27.6 Å². The summed E-state index contributed by atoms with van der Waals surface area (Å²) in [4.78, 5) is 16.1. The molecular formula is C17H15ClN4O2. The lowest BCUT2D eigenvalue weighted by molar-refractivity contribution is -0.116. The van der Waals surface area contributed by atoms with Gasteiger partial charge in [-0.05, 0) is 35.9 Å². The minimum absolute atomic E-state index is 0.171. The van der Waals surface area contributed by atoms with E-state index in [1.807, 2.05) is 12.1 Å². The van der Waals surface area contributed by atoms with Gasteiger partial charge >= 0.3 is 0 Å². The summed E-state index contributed by atoms with van der Waals surface area (Å²) in [6.45, 7) is 0.455. The molecule has 0 atom stereocenters. The van der Waals surface area contributed by atoms with E-state index in [-0.39, 0.29) is 5.91 Å². The van der Waals surface area contributed by atoms with E-state index in [0.29, 0.717) is 35.4 Å². The maximum absolute atomic E-state index is 11.8. The molecule has 0 fully saturated rings. The highest BCUT2D eigenvalue weighted by atomic mass is 35.5. The molecule has 0 aliphatic heterocycles. The van der Waals surface area contributed by atoms with Crippen LogP contribution >= 0.6 is 11.6 Å². The van der Waals surface area contributed by atoms with Crippen LogP contribution in [-0.2, 0) is 11.2 Å². The summed E-state index contributed by atoms with van der Waals surface area (Å²) in [5, 5.41) is 10.4. The van der Waals surface area contributed by atoms with Crippen molar-refractivity contribution in [1.82, 2.24) is 20.5 Å². The standard InChI is InChI=1S/C17H15ClN4O2/c18-13-6-3-12(4-7-13)5-8-16(23)19-10-9-15-20-17(22-21-15)14-2-1-11-24-14/h1-8,11H,9-10H2,(H,19,23)(H,20,21,22)/b8-5-. The minimum Gasteiger partial charge on any atom is -0.461 e. The first-order valence-electron chi connectivity index (χ1n) is 7.37. The van der Waals surface area contributed by atoms with Gasteiger partial charge in [-0.15, -0.1) is 0 Å². The third-order valence-corrected chi connectivity index (χ3v) is 3.48. The molecule has 0 saturated heterocycles. The fraction of sp³-hybridized carbons (Fsp3) is 0.118. The number of amides is 1. The van der Waals surface area contributed by atoms with Crippen LogP contribution < -0.4 is 5.32 Å². The highest BCUT2D eigenvalue weighted by molar-refractivity contribution is 6.30. The van der Waals surface area contributed by atoms with Crippen molar-refractivity contribution in [2.45, 2.75) is 6.42 Å². The first-order chi connectivity index (χ1) is 11.7. The lowest BCUT2D eigenvalue weighted by Crippen LogP contribution is -2.23. The Labute approximate surface area is 143 Å². The van der Waals surface area contributed by atoms with Crippen molar-refractivity contribution in [3.05, 3.63) is 65.1 Å². The summed E-state index contributed by atoms with van der Waals surface area (Å²) in [6, 6.07) is 10.8. The van der Waals surface area contributed by atoms with Crippen molar-refractivity contribution >= 4 is 23.6 Å². The van der Waals surface area contributed by atoms with E-state index < -0.39 is 0 Å². The summed E-state index contributed by atoms with van der Waals surface area (Å²) < 4.78 is 5.22. The number of rotatable bonds is 6. The van der Waals surface area contributed by atoms with Crippen LogP contribution in [0.1, 0.15) is 11.4 Å². The van der Waals surface area contributed by atoms with Crippen molar-refractivity contribution in [2.24, 2.45) is 0 Å².